The van der Waals surface area contributed by atoms with Crippen LogP contribution in [0.15, 0.2) is 82.0 Å². The number of aryl methyl sites for hydroxylation is 1. The second-order valence-electron chi connectivity index (χ2n) is 6.40. The van der Waals surface area contributed by atoms with Gasteiger partial charge >= 0.3 is 5.63 Å². The van der Waals surface area contributed by atoms with Gasteiger partial charge in [-0.15, -0.1) is 0 Å². The maximum Gasteiger partial charge on any atom is 0.336 e. The average Bonchev–Trinajstić information content (AvgIpc) is 2.66. The first-order chi connectivity index (χ1) is 13.1. The predicted molar refractivity (Wildman–Crippen MR) is 108 cm³/mol. The van der Waals surface area contributed by atoms with Crippen LogP contribution in [0.5, 0.6) is 5.75 Å². The molecule has 0 radical (unpaired) electrons. The summed E-state index contributed by atoms with van der Waals surface area (Å²) in [5, 5.41) is 1.45. The first kappa shape index (κ1) is 17.4. The van der Waals surface area contributed by atoms with E-state index in [9.17, 15) is 4.79 Å². The summed E-state index contributed by atoms with van der Waals surface area (Å²) >= 11 is 6.06. The minimum atomic E-state index is -0.382. The fourth-order valence-corrected chi connectivity index (χ4v) is 3.35. The number of fused-ring (bicyclic) bond motifs is 1. The van der Waals surface area contributed by atoms with E-state index >= 15 is 0 Å². The van der Waals surface area contributed by atoms with Crippen LogP contribution in [0.3, 0.4) is 0 Å². The summed E-state index contributed by atoms with van der Waals surface area (Å²) < 4.78 is 11.6. The van der Waals surface area contributed by atoms with E-state index in [0.717, 1.165) is 27.6 Å². The third kappa shape index (κ3) is 3.74. The van der Waals surface area contributed by atoms with Crippen molar-refractivity contribution >= 4 is 22.6 Å². The summed E-state index contributed by atoms with van der Waals surface area (Å²) in [6.45, 7) is 2.31. The molecule has 0 aliphatic carbocycles. The molecule has 0 atom stereocenters. The Morgan fingerprint density at radius 3 is 2.56 bits per heavy atom. The maximum absolute atomic E-state index is 12.1. The van der Waals surface area contributed by atoms with Gasteiger partial charge in [-0.1, -0.05) is 54.1 Å². The van der Waals surface area contributed by atoms with Gasteiger partial charge in [0.2, 0.25) is 0 Å². The molecule has 3 aromatic carbocycles. The van der Waals surface area contributed by atoms with Crippen LogP contribution >= 0.6 is 11.6 Å². The fraction of sp³-hybridized carbons (Fsp3) is 0.0870. The third-order valence-corrected chi connectivity index (χ3v) is 4.56. The molecule has 0 fully saturated rings. The second-order valence-corrected chi connectivity index (χ2v) is 6.84. The Hall–Kier alpha value is -3.04. The Labute approximate surface area is 161 Å². The molecule has 0 aliphatic rings. The van der Waals surface area contributed by atoms with Gasteiger partial charge in [-0.25, -0.2) is 4.79 Å². The van der Waals surface area contributed by atoms with Gasteiger partial charge in [0, 0.05) is 16.7 Å². The molecule has 0 amide bonds. The van der Waals surface area contributed by atoms with E-state index in [4.69, 9.17) is 20.8 Å². The first-order valence-electron chi connectivity index (χ1n) is 8.61. The minimum absolute atomic E-state index is 0.368. The molecule has 0 bridgehead atoms. The lowest BCUT2D eigenvalue weighted by Crippen LogP contribution is -2.02. The normalized spacial score (nSPS) is 10.9. The maximum atomic E-state index is 12.1. The minimum Gasteiger partial charge on any atom is -0.488 e. The van der Waals surface area contributed by atoms with Crippen LogP contribution in [-0.4, -0.2) is 0 Å². The highest BCUT2D eigenvalue weighted by Gasteiger charge is 2.14. The number of benzene rings is 3. The topological polar surface area (TPSA) is 39.4 Å². The van der Waals surface area contributed by atoms with Gasteiger partial charge < -0.3 is 9.15 Å². The molecule has 134 valence electrons. The molecule has 4 rings (SSSR count). The molecular weight excluding hydrogens is 360 g/mol. The largest absolute Gasteiger partial charge is 0.488 e. The van der Waals surface area contributed by atoms with Crippen LogP contribution < -0.4 is 10.4 Å². The van der Waals surface area contributed by atoms with Crippen molar-refractivity contribution in [3.05, 3.63) is 99.4 Å². The molecular formula is C23H17ClO3. The van der Waals surface area contributed by atoms with Crippen molar-refractivity contribution in [1.82, 2.24) is 0 Å². The zero-order valence-electron chi connectivity index (χ0n) is 14.7. The Kier molecular flexibility index (Phi) is 4.69. The first-order valence-corrected chi connectivity index (χ1v) is 8.99. The van der Waals surface area contributed by atoms with Crippen molar-refractivity contribution in [3.8, 4) is 16.9 Å². The second kappa shape index (κ2) is 7.29. The lowest BCUT2D eigenvalue weighted by atomic mass is 10.0. The monoisotopic (exact) mass is 376 g/mol. The van der Waals surface area contributed by atoms with Crippen LogP contribution in [0.1, 0.15) is 11.1 Å². The van der Waals surface area contributed by atoms with Crippen molar-refractivity contribution in [3.63, 3.8) is 0 Å². The van der Waals surface area contributed by atoms with Gasteiger partial charge in [0.1, 0.15) is 17.9 Å². The lowest BCUT2D eigenvalue weighted by Gasteiger charge is -2.13. The van der Waals surface area contributed by atoms with Crippen molar-refractivity contribution < 1.29 is 9.15 Å². The molecule has 0 N–H and O–H groups in total. The van der Waals surface area contributed by atoms with Gasteiger partial charge in [0.25, 0.3) is 0 Å². The van der Waals surface area contributed by atoms with Crippen molar-refractivity contribution in [2.45, 2.75) is 13.5 Å². The van der Waals surface area contributed by atoms with Crippen LogP contribution in [-0.2, 0) is 6.61 Å². The smallest absolute Gasteiger partial charge is 0.336 e. The van der Waals surface area contributed by atoms with E-state index in [2.05, 4.69) is 0 Å². The van der Waals surface area contributed by atoms with Crippen molar-refractivity contribution in [2.24, 2.45) is 0 Å². The van der Waals surface area contributed by atoms with Crippen LogP contribution in [0.4, 0.5) is 0 Å². The Morgan fingerprint density at radius 1 is 0.963 bits per heavy atom. The molecule has 0 saturated carbocycles. The highest BCUT2D eigenvalue weighted by atomic mass is 35.5. The highest BCUT2D eigenvalue weighted by molar-refractivity contribution is 6.30. The number of halogens is 1. The molecule has 1 aromatic heterocycles. The van der Waals surface area contributed by atoms with E-state index in [1.165, 1.54) is 6.07 Å². The quantitative estimate of drug-likeness (QED) is 0.410. The Morgan fingerprint density at radius 2 is 1.78 bits per heavy atom. The van der Waals surface area contributed by atoms with Gasteiger partial charge in [0.05, 0.1) is 5.39 Å². The summed E-state index contributed by atoms with van der Waals surface area (Å²) in [7, 11) is 0. The van der Waals surface area contributed by atoms with E-state index in [1.807, 2.05) is 73.7 Å². The molecule has 4 aromatic rings. The number of rotatable bonds is 4. The highest BCUT2D eigenvalue weighted by Crippen LogP contribution is 2.35. The van der Waals surface area contributed by atoms with Gasteiger partial charge in [-0.3, -0.25) is 0 Å². The number of hydrogen-bond donors (Lipinski definition) is 0. The molecule has 27 heavy (non-hydrogen) atoms. The summed E-state index contributed by atoms with van der Waals surface area (Å²) in [6.07, 6.45) is 0. The molecule has 1 heterocycles. The SMILES string of the molecule is Cc1cc(OCc2cccc(Cl)c2)c2c(-c3ccccc3)cc(=O)oc2c1. The van der Waals surface area contributed by atoms with Crippen LogP contribution in [0.2, 0.25) is 5.02 Å². The fourth-order valence-electron chi connectivity index (χ4n) is 3.14. The molecule has 4 heteroatoms. The predicted octanol–water partition coefficient (Wildman–Crippen LogP) is 6.00. The van der Waals surface area contributed by atoms with E-state index in [1.54, 1.807) is 0 Å². The zero-order chi connectivity index (χ0) is 18.8. The van der Waals surface area contributed by atoms with Crippen molar-refractivity contribution in [1.29, 1.82) is 0 Å². The van der Waals surface area contributed by atoms with Crippen LogP contribution in [0.25, 0.3) is 22.1 Å². The molecule has 0 aliphatic heterocycles. The summed E-state index contributed by atoms with van der Waals surface area (Å²) in [5.41, 5.74) is 3.79. The lowest BCUT2D eigenvalue weighted by molar-refractivity contribution is 0.309. The Balaban J connectivity index is 1.85. The zero-order valence-corrected chi connectivity index (χ0v) is 15.5. The summed E-state index contributed by atoms with van der Waals surface area (Å²) in [4.78, 5) is 12.1. The van der Waals surface area contributed by atoms with Gasteiger partial charge in [0.15, 0.2) is 0 Å². The standard InChI is InChI=1S/C23H17ClO3/c1-15-10-20(26-14-16-6-5-9-18(24)12-16)23-19(17-7-3-2-4-8-17)13-22(25)27-21(23)11-15/h2-13H,14H2,1H3. The summed E-state index contributed by atoms with van der Waals surface area (Å²) in [6, 6.07) is 22.6. The van der Waals surface area contributed by atoms with E-state index < -0.39 is 0 Å². The average molecular weight is 377 g/mol. The molecule has 0 spiro atoms. The number of ether oxygens (including phenoxy) is 1. The van der Waals surface area contributed by atoms with Gasteiger partial charge in [-0.05, 0) is 47.9 Å². The van der Waals surface area contributed by atoms with E-state index in [-0.39, 0.29) is 5.63 Å². The number of hydrogen-bond acceptors (Lipinski definition) is 3. The van der Waals surface area contributed by atoms with Crippen molar-refractivity contribution in [2.75, 3.05) is 0 Å². The molecule has 3 nitrogen and oxygen atoms in total. The third-order valence-electron chi connectivity index (χ3n) is 4.32. The van der Waals surface area contributed by atoms with Crippen LogP contribution in [0, 0.1) is 6.92 Å². The summed E-state index contributed by atoms with van der Waals surface area (Å²) in [5.74, 6) is 0.674. The van der Waals surface area contributed by atoms with E-state index in [0.29, 0.717) is 23.0 Å². The Bertz CT molecular complexity index is 1160. The van der Waals surface area contributed by atoms with Gasteiger partial charge in [-0.2, -0.15) is 0 Å². The molecule has 0 unspecified atom stereocenters. The molecule has 0 saturated heterocycles.